The number of aryl methyl sites for hydroxylation is 2. The van der Waals surface area contributed by atoms with Gasteiger partial charge in [0.2, 0.25) is 5.91 Å². The van der Waals surface area contributed by atoms with Gasteiger partial charge < -0.3 is 9.80 Å². The number of rotatable bonds is 5. The summed E-state index contributed by atoms with van der Waals surface area (Å²) in [4.78, 5) is 26.2. The highest BCUT2D eigenvalue weighted by atomic mass is 19.1. The standard InChI is InChI=1S/C23H29FN6O/c1-5-19-25-22(29-12-10-28(11-13-29)20(31)14-15(2)3)21-16(4)27-30(23(21)26-19)18-8-6-17(24)7-9-18/h6-9,15H,5,10-14H2,1-4H3. The van der Waals surface area contributed by atoms with E-state index in [-0.39, 0.29) is 11.7 Å². The molecule has 164 valence electrons. The number of hydrogen-bond donors (Lipinski definition) is 0. The fourth-order valence-electron chi connectivity index (χ4n) is 4.00. The fraction of sp³-hybridized carbons (Fsp3) is 0.478. The summed E-state index contributed by atoms with van der Waals surface area (Å²) >= 11 is 0. The third-order valence-electron chi connectivity index (χ3n) is 5.63. The highest BCUT2D eigenvalue weighted by Gasteiger charge is 2.26. The predicted octanol–water partition coefficient (Wildman–Crippen LogP) is 3.52. The molecule has 4 rings (SSSR count). The zero-order valence-electron chi connectivity index (χ0n) is 18.6. The van der Waals surface area contributed by atoms with Crippen LogP contribution >= 0.6 is 0 Å². The molecule has 1 aliphatic rings. The number of carbonyl (C=O) groups excluding carboxylic acids is 1. The Bertz CT molecular complexity index is 1080. The van der Waals surface area contributed by atoms with Crippen molar-refractivity contribution in [2.75, 3.05) is 31.1 Å². The molecule has 1 saturated heterocycles. The second kappa shape index (κ2) is 8.61. The van der Waals surface area contributed by atoms with Crippen LogP contribution in [0.25, 0.3) is 16.7 Å². The van der Waals surface area contributed by atoms with E-state index in [1.165, 1.54) is 12.1 Å². The van der Waals surface area contributed by atoms with Gasteiger partial charge in [0.15, 0.2) is 5.65 Å². The number of aromatic nitrogens is 4. The maximum absolute atomic E-state index is 13.4. The number of amides is 1. The summed E-state index contributed by atoms with van der Waals surface area (Å²) in [7, 11) is 0. The highest BCUT2D eigenvalue weighted by Crippen LogP contribution is 2.30. The average Bonchev–Trinajstić information content (AvgIpc) is 3.09. The number of nitrogens with zero attached hydrogens (tertiary/aromatic N) is 6. The zero-order chi connectivity index (χ0) is 22.1. The summed E-state index contributed by atoms with van der Waals surface area (Å²) in [5.74, 6) is 1.90. The molecule has 0 spiro atoms. The maximum atomic E-state index is 13.4. The van der Waals surface area contributed by atoms with Crippen LogP contribution in [-0.2, 0) is 11.2 Å². The molecule has 1 amide bonds. The number of piperazine rings is 1. The molecule has 0 aliphatic carbocycles. The maximum Gasteiger partial charge on any atom is 0.222 e. The predicted molar refractivity (Wildman–Crippen MR) is 119 cm³/mol. The largest absolute Gasteiger partial charge is 0.352 e. The van der Waals surface area contributed by atoms with Crippen LogP contribution in [0.4, 0.5) is 10.2 Å². The molecule has 0 unspecified atom stereocenters. The van der Waals surface area contributed by atoms with Gasteiger partial charge in [-0.05, 0) is 37.1 Å². The van der Waals surface area contributed by atoms with Crippen LogP contribution in [0.2, 0.25) is 0 Å². The quantitative estimate of drug-likeness (QED) is 0.627. The fourth-order valence-corrected chi connectivity index (χ4v) is 4.00. The van der Waals surface area contributed by atoms with Crippen LogP contribution in [-0.4, -0.2) is 56.7 Å². The van der Waals surface area contributed by atoms with Gasteiger partial charge in [0.1, 0.15) is 17.5 Å². The molecule has 7 nitrogen and oxygen atoms in total. The van der Waals surface area contributed by atoms with Gasteiger partial charge in [0, 0.05) is 39.0 Å². The Morgan fingerprint density at radius 3 is 2.39 bits per heavy atom. The van der Waals surface area contributed by atoms with Crippen LogP contribution in [0.5, 0.6) is 0 Å². The van der Waals surface area contributed by atoms with E-state index in [0.29, 0.717) is 31.8 Å². The van der Waals surface area contributed by atoms with E-state index in [1.54, 1.807) is 16.8 Å². The van der Waals surface area contributed by atoms with Gasteiger partial charge in [-0.15, -0.1) is 0 Å². The van der Waals surface area contributed by atoms with Crippen molar-refractivity contribution < 1.29 is 9.18 Å². The van der Waals surface area contributed by atoms with E-state index in [4.69, 9.17) is 15.1 Å². The van der Waals surface area contributed by atoms with E-state index in [1.807, 2.05) is 18.7 Å². The number of fused-ring (bicyclic) bond motifs is 1. The first-order valence-corrected chi connectivity index (χ1v) is 10.9. The molecule has 1 aliphatic heterocycles. The first-order valence-electron chi connectivity index (χ1n) is 10.9. The topological polar surface area (TPSA) is 67.2 Å². The van der Waals surface area contributed by atoms with Gasteiger partial charge in [0.25, 0.3) is 0 Å². The van der Waals surface area contributed by atoms with Crippen molar-refractivity contribution in [1.82, 2.24) is 24.6 Å². The Morgan fingerprint density at radius 1 is 1.10 bits per heavy atom. The second-order valence-corrected chi connectivity index (χ2v) is 8.46. The highest BCUT2D eigenvalue weighted by molar-refractivity contribution is 5.91. The summed E-state index contributed by atoms with van der Waals surface area (Å²) < 4.78 is 15.2. The minimum absolute atomic E-state index is 0.219. The van der Waals surface area contributed by atoms with Crippen LogP contribution in [0.3, 0.4) is 0 Å². The number of hydrogen-bond acceptors (Lipinski definition) is 5. The first-order chi connectivity index (χ1) is 14.9. The Morgan fingerprint density at radius 2 is 1.77 bits per heavy atom. The Labute approximate surface area is 181 Å². The molecule has 3 aromatic rings. The third-order valence-corrected chi connectivity index (χ3v) is 5.63. The molecule has 1 aromatic carbocycles. The molecule has 8 heteroatoms. The van der Waals surface area contributed by atoms with E-state index < -0.39 is 0 Å². The van der Waals surface area contributed by atoms with E-state index in [0.717, 1.165) is 47.1 Å². The van der Waals surface area contributed by atoms with Crippen molar-refractivity contribution in [3.05, 3.63) is 41.6 Å². The van der Waals surface area contributed by atoms with E-state index >= 15 is 0 Å². The van der Waals surface area contributed by atoms with Crippen LogP contribution in [0.1, 0.15) is 38.7 Å². The molecule has 2 aromatic heterocycles. The molecule has 0 radical (unpaired) electrons. The van der Waals surface area contributed by atoms with Gasteiger partial charge in [-0.2, -0.15) is 5.10 Å². The van der Waals surface area contributed by atoms with Crippen molar-refractivity contribution in [3.63, 3.8) is 0 Å². The smallest absolute Gasteiger partial charge is 0.222 e. The van der Waals surface area contributed by atoms with Crippen molar-refractivity contribution >= 4 is 22.8 Å². The summed E-state index contributed by atoms with van der Waals surface area (Å²) in [5.41, 5.74) is 2.31. The van der Waals surface area contributed by atoms with Crippen LogP contribution in [0, 0.1) is 18.7 Å². The lowest BCUT2D eigenvalue weighted by Crippen LogP contribution is -2.49. The van der Waals surface area contributed by atoms with E-state index in [9.17, 15) is 9.18 Å². The molecular weight excluding hydrogens is 395 g/mol. The monoisotopic (exact) mass is 424 g/mol. The number of halogens is 1. The SMILES string of the molecule is CCc1nc(N2CCN(C(=O)CC(C)C)CC2)c2c(C)nn(-c3ccc(F)cc3)c2n1. The first kappa shape index (κ1) is 21.2. The Hall–Kier alpha value is -3.03. The molecule has 0 N–H and O–H groups in total. The zero-order valence-corrected chi connectivity index (χ0v) is 18.6. The number of benzene rings is 1. The second-order valence-electron chi connectivity index (χ2n) is 8.46. The van der Waals surface area contributed by atoms with Crippen molar-refractivity contribution in [3.8, 4) is 5.69 Å². The molecule has 1 fully saturated rings. The summed E-state index contributed by atoms with van der Waals surface area (Å²) in [6, 6.07) is 6.25. The van der Waals surface area contributed by atoms with Gasteiger partial charge in [0.05, 0.1) is 16.8 Å². The van der Waals surface area contributed by atoms with Gasteiger partial charge in [-0.25, -0.2) is 19.0 Å². The van der Waals surface area contributed by atoms with Crippen molar-refractivity contribution in [2.24, 2.45) is 5.92 Å². The lowest BCUT2D eigenvalue weighted by molar-refractivity contribution is -0.132. The Kier molecular flexibility index (Phi) is 5.89. The number of anilines is 1. The van der Waals surface area contributed by atoms with Crippen molar-refractivity contribution in [1.29, 1.82) is 0 Å². The minimum Gasteiger partial charge on any atom is -0.352 e. The Balaban J connectivity index is 1.69. The molecule has 0 saturated carbocycles. The molecule has 0 bridgehead atoms. The minimum atomic E-state index is -0.286. The molecule has 0 atom stereocenters. The van der Waals surface area contributed by atoms with Gasteiger partial charge in [-0.1, -0.05) is 20.8 Å². The molecular formula is C23H29FN6O. The van der Waals surface area contributed by atoms with Gasteiger partial charge >= 0.3 is 0 Å². The average molecular weight is 425 g/mol. The van der Waals surface area contributed by atoms with Crippen molar-refractivity contribution in [2.45, 2.75) is 40.5 Å². The summed E-state index contributed by atoms with van der Waals surface area (Å²) in [6.07, 6.45) is 1.28. The summed E-state index contributed by atoms with van der Waals surface area (Å²) in [6.45, 7) is 10.9. The van der Waals surface area contributed by atoms with Gasteiger partial charge in [-0.3, -0.25) is 4.79 Å². The van der Waals surface area contributed by atoms with Crippen LogP contribution < -0.4 is 4.90 Å². The molecule has 31 heavy (non-hydrogen) atoms. The normalized spacial score (nSPS) is 14.6. The summed E-state index contributed by atoms with van der Waals surface area (Å²) in [5, 5.41) is 5.60. The van der Waals surface area contributed by atoms with Crippen LogP contribution in [0.15, 0.2) is 24.3 Å². The van der Waals surface area contributed by atoms with E-state index in [2.05, 4.69) is 18.7 Å². The lowest BCUT2D eigenvalue weighted by atomic mass is 10.1. The number of carbonyl (C=O) groups is 1. The lowest BCUT2D eigenvalue weighted by Gasteiger charge is -2.36. The molecule has 3 heterocycles. The third kappa shape index (κ3) is 4.24.